The predicted molar refractivity (Wildman–Crippen MR) is 107 cm³/mol. The summed E-state index contributed by atoms with van der Waals surface area (Å²) < 4.78 is 21.7. The first-order valence-electron chi connectivity index (χ1n) is 9.44. The Morgan fingerprint density at radius 3 is 2.14 bits per heavy atom. The third-order valence-corrected chi connectivity index (χ3v) is 4.75. The molecule has 1 aromatic carbocycles. The summed E-state index contributed by atoms with van der Waals surface area (Å²) in [5, 5.41) is 5.83. The van der Waals surface area contributed by atoms with Gasteiger partial charge < -0.3 is 29.6 Å². The molecule has 0 aliphatic heterocycles. The van der Waals surface area contributed by atoms with Crippen LogP contribution in [0.15, 0.2) is 30.6 Å². The Labute approximate surface area is 169 Å². The molecule has 156 valence electrons. The van der Waals surface area contributed by atoms with Crippen molar-refractivity contribution >= 4 is 11.7 Å². The highest BCUT2D eigenvalue weighted by Crippen LogP contribution is 2.39. The maximum Gasteiger partial charge on any atom is 0.319 e. The van der Waals surface area contributed by atoms with Crippen molar-refractivity contribution in [1.82, 2.24) is 15.3 Å². The van der Waals surface area contributed by atoms with Gasteiger partial charge >= 0.3 is 12.0 Å². The van der Waals surface area contributed by atoms with Crippen LogP contribution in [0, 0.1) is 0 Å². The van der Waals surface area contributed by atoms with E-state index in [4.69, 9.17) is 18.9 Å². The summed E-state index contributed by atoms with van der Waals surface area (Å²) in [5.74, 6) is 1.42. The average Bonchev–Trinajstić information content (AvgIpc) is 2.75. The van der Waals surface area contributed by atoms with E-state index in [1.807, 2.05) is 0 Å². The van der Waals surface area contributed by atoms with Crippen LogP contribution in [-0.2, 0) is 0 Å². The van der Waals surface area contributed by atoms with Crippen LogP contribution < -0.4 is 29.6 Å². The fourth-order valence-electron chi connectivity index (χ4n) is 3.33. The number of amides is 2. The molecule has 9 nitrogen and oxygen atoms in total. The van der Waals surface area contributed by atoms with Gasteiger partial charge in [0.1, 0.15) is 6.10 Å². The van der Waals surface area contributed by atoms with Gasteiger partial charge in [0, 0.05) is 30.6 Å². The summed E-state index contributed by atoms with van der Waals surface area (Å²) in [6, 6.07) is 5.31. The van der Waals surface area contributed by atoms with Crippen molar-refractivity contribution < 1.29 is 23.7 Å². The molecule has 0 saturated heterocycles. The van der Waals surface area contributed by atoms with E-state index in [1.54, 1.807) is 30.6 Å². The average molecular weight is 402 g/mol. The van der Waals surface area contributed by atoms with Gasteiger partial charge in [-0.1, -0.05) is 0 Å². The van der Waals surface area contributed by atoms with Gasteiger partial charge in [0.2, 0.25) is 5.75 Å². The van der Waals surface area contributed by atoms with E-state index >= 15 is 0 Å². The molecule has 1 aromatic heterocycles. The van der Waals surface area contributed by atoms with E-state index in [0.717, 1.165) is 25.7 Å². The second kappa shape index (κ2) is 9.81. The highest BCUT2D eigenvalue weighted by molar-refractivity contribution is 5.90. The normalized spacial score (nSPS) is 18.4. The maximum atomic E-state index is 12.4. The molecule has 1 fully saturated rings. The molecular weight excluding hydrogens is 376 g/mol. The Morgan fingerprint density at radius 2 is 1.59 bits per heavy atom. The zero-order valence-corrected chi connectivity index (χ0v) is 16.8. The number of carbonyl (C=O) groups excluding carboxylic acids is 1. The molecule has 0 spiro atoms. The molecular formula is C20H26N4O5. The van der Waals surface area contributed by atoms with E-state index in [0.29, 0.717) is 28.9 Å². The number of methoxy groups -OCH3 is 3. The first-order chi connectivity index (χ1) is 14.1. The fourth-order valence-corrected chi connectivity index (χ4v) is 3.33. The van der Waals surface area contributed by atoms with Gasteiger partial charge in [0.25, 0.3) is 0 Å². The largest absolute Gasteiger partial charge is 0.493 e. The van der Waals surface area contributed by atoms with Crippen LogP contribution in [0.3, 0.4) is 0 Å². The number of nitrogens with zero attached hydrogens (tertiary/aromatic N) is 2. The van der Waals surface area contributed by atoms with Crippen molar-refractivity contribution in [2.45, 2.75) is 37.8 Å². The summed E-state index contributed by atoms with van der Waals surface area (Å²) in [4.78, 5) is 20.6. The Balaban J connectivity index is 1.51. The molecule has 29 heavy (non-hydrogen) atoms. The monoisotopic (exact) mass is 402 g/mol. The third-order valence-electron chi connectivity index (χ3n) is 4.75. The Bertz CT molecular complexity index is 785. The van der Waals surface area contributed by atoms with E-state index in [1.165, 1.54) is 21.3 Å². The minimum absolute atomic E-state index is 0.0635. The summed E-state index contributed by atoms with van der Waals surface area (Å²) in [5.41, 5.74) is 0.551. The molecule has 0 radical (unpaired) electrons. The van der Waals surface area contributed by atoms with Crippen LogP contribution >= 0.6 is 0 Å². The first kappa shape index (κ1) is 20.5. The lowest BCUT2D eigenvalue weighted by atomic mass is 9.93. The van der Waals surface area contributed by atoms with Crippen molar-refractivity contribution in [3.05, 3.63) is 30.6 Å². The minimum atomic E-state index is -0.282. The topological polar surface area (TPSA) is 104 Å². The molecule has 1 saturated carbocycles. The van der Waals surface area contributed by atoms with Gasteiger partial charge in [-0.2, -0.15) is 0 Å². The first-order valence-corrected chi connectivity index (χ1v) is 9.44. The van der Waals surface area contributed by atoms with Crippen LogP contribution in [0.4, 0.5) is 10.5 Å². The van der Waals surface area contributed by atoms with Gasteiger partial charge in [-0.05, 0) is 31.7 Å². The number of hydrogen-bond acceptors (Lipinski definition) is 7. The molecule has 2 N–H and O–H groups in total. The van der Waals surface area contributed by atoms with Gasteiger partial charge in [0.15, 0.2) is 11.5 Å². The molecule has 9 heteroatoms. The number of nitrogens with one attached hydrogen (secondary N) is 2. The smallest absolute Gasteiger partial charge is 0.319 e. The lowest BCUT2D eigenvalue weighted by molar-refractivity contribution is 0.129. The summed E-state index contributed by atoms with van der Waals surface area (Å²) >= 11 is 0. The lowest BCUT2D eigenvalue weighted by Gasteiger charge is -2.28. The van der Waals surface area contributed by atoms with E-state index in [-0.39, 0.29) is 18.2 Å². The Kier molecular flexibility index (Phi) is 6.94. The molecule has 0 atom stereocenters. The van der Waals surface area contributed by atoms with Crippen LogP contribution in [0.1, 0.15) is 25.7 Å². The SMILES string of the molecule is COc1cc(NC(=O)NC2CCC(Oc3ncccn3)CC2)cc(OC)c1OC. The number of carbonyl (C=O) groups is 1. The molecule has 1 aliphatic carbocycles. The molecule has 0 bridgehead atoms. The van der Waals surface area contributed by atoms with Crippen molar-refractivity contribution in [3.8, 4) is 23.3 Å². The van der Waals surface area contributed by atoms with E-state index in [9.17, 15) is 4.79 Å². The third kappa shape index (κ3) is 5.40. The van der Waals surface area contributed by atoms with Crippen LogP contribution in [0.2, 0.25) is 0 Å². The molecule has 1 aliphatic rings. The number of ether oxygens (including phenoxy) is 4. The minimum Gasteiger partial charge on any atom is -0.493 e. The van der Waals surface area contributed by atoms with Crippen molar-refractivity contribution in [1.29, 1.82) is 0 Å². The van der Waals surface area contributed by atoms with Crippen molar-refractivity contribution in [3.63, 3.8) is 0 Å². The second-order valence-corrected chi connectivity index (χ2v) is 6.64. The highest BCUT2D eigenvalue weighted by Gasteiger charge is 2.24. The Hall–Kier alpha value is -3.23. The van der Waals surface area contributed by atoms with Gasteiger partial charge in [0.05, 0.1) is 27.0 Å². The molecule has 3 rings (SSSR count). The number of hydrogen-bond donors (Lipinski definition) is 2. The summed E-state index contributed by atoms with van der Waals surface area (Å²) in [7, 11) is 4.59. The number of rotatable bonds is 7. The standard InChI is InChI=1S/C20H26N4O5/c1-26-16-11-14(12-17(27-2)18(16)28-3)24-19(25)23-13-5-7-15(8-6-13)29-20-21-9-4-10-22-20/h4,9-13,15H,5-8H2,1-3H3,(H2,23,24,25). The molecule has 0 unspecified atom stereocenters. The number of anilines is 1. The van der Waals surface area contributed by atoms with E-state index in [2.05, 4.69) is 20.6 Å². The van der Waals surface area contributed by atoms with E-state index < -0.39 is 0 Å². The van der Waals surface area contributed by atoms with Crippen LogP contribution in [0.5, 0.6) is 23.3 Å². The highest BCUT2D eigenvalue weighted by atomic mass is 16.5. The van der Waals surface area contributed by atoms with Crippen LogP contribution in [-0.4, -0.2) is 49.5 Å². The molecule has 1 heterocycles. The summed E-state index contributed by atoms with van der Waals surface area (Å²) in [6.07, 6.45) is 6.67. The Morgan fingerprint density at radius 1 is 0.966 bits per heavy atom. The van der Waals surface area contributed by atoms with Gasteiger partial charge in [-0.25, -0.2) is 14.8 Å². The zero-order chi connectivity index (χ0) is 20.6. The number of urea groups is 1. The molecule has 2 amide bonds. The van der Waals surface area contributed by atoms with Crippen LogP contribution in [0.25, 0.3) is 0 Å². The zero-order valence-electron chi connectivity index (χ0n) is 16.8. The molecule has 2 aromatic rings. The lowest BCUT2D eigenvalue weighted by Crippen LogP contribution is -2.41. The number of aromatic nitrogens is 2. The second-order valence-electron chi connectivity index (χ2n) is 6.64. The van der Waals surface area contributed by atoms with Gasteiger partial charge in [-0.3, -0.25) is 0 Å². The van der Waals surface area contributed by atoms with Crippen molar-refractivity contribution in [2.75, 3.05) is 26.6 Å². The van der Waals surface area contributed by atoms with Gasteiger partial charge in [-0.15, -0.1) is 0 Å². The maximum absolute atomic E-state index is 12.4. The predicted octanol–water partition coefficient (Wildman–Crippen LogP) is 3.01. The summed E-state index contributed by atoms with van der Waals surface area (Å²) in [6.45, 7) is 0. The quantitative estimate of drug-likeness (QED) is 0.734. The van der Waals surface area contributed by atoms with Crippen molar-refractivity contribution in [2.24, 2.45) is 0 Å². The number of benzene rings is 1. The fraction of sp³-hybridized carbons (Fsp3) is 0.450.